The van der Waals surface area contributed by atoms with Crippen molar-refractivity contribution in [2.24, 2.45) is 0 Å². The summed E-state index contributed by atoms with van der Waals surface area (Å²) < 4.78 is 0. The Hall–Kier alpha value is -2.10. The molecular weight excluding hydrogens is 296 g/mol. The lowest BCUT2D eigenvalue weighted by molar-refractivity contribution is 0.303. The molecule has 1 aromatic carbocycles. The maximum Gasteiger partial charge on any atom is 0.189 e. The van der Waals surface area contributed by atoms with Gasteiger partial charge in [-0.1, -0.05) is 41.6 Å². The number of anilines is 1. The maximum atomic E-state index is 9.57. The van der Waals surface area contributed by atoms with E-state index >= 15 is 0 Å². The minimum Gasteiger partial charge on any atom is -0.395 e. The van der Waals surface area contributed by atoms with Gasteiger partial charge in [0.1, 0.15) is 11.6 Å². The number of hydrogen-bond donors (Lipinski definition) is 1. The number of likely N-dealkylation sites (N-methyl/N-ethyl adjacent to an activating group) is 1. The first-order valence-electron chi connectivity index (χ1n) is 6.86. The van der Waals surface area contributed by atoms with Crippen LogP contribution in [0.3, 0.4) is 0 Å². The topological polar surface area (TPSA) is 73.0 Å². The molecule has 1 heterocycles. The molecule has 6 heteroatoms. The molecule has 0 amide bonds. The van der Waals surface area contributed by atoms with Crippen LogP contribution in [0.1, 0.15) is 11.1 Å². The predicted octanol–water partition coefficient (Wildman–Crippen LogP) is 2.47. The van der Waals surface area contributed by atoms with Crippen LogP contribution in [0.4, 0.5) is 5.82 Å². The molecule has 0 saturated heterocycles. The van der Waals surface area contributed by atoms with Gasteiger partial charge in [-0.05, 0) is 13.2 Å². The molecule has 0 fully saturated rings. The first-order valence-corrected chi connectivity index (χ1v) is 8.08. The lowest BCUT2D eigenvalue weighted by atomic mass is 10.1. The van der Waals surface area contributed by atoms with Gasteiger partial charge in [-0.2, -0.15) is 5.26 Å². The highest BCUT2D eigenvalue weighted by molar-refractivity contribution is 7.98. The third-order valence-electron chi connectivity index (χ3n) is 3.29. The molecule has 0 bridgehead atoms. The van der Waals surface area contributed by atoms with Crippen molar-refractivity contribution in [3.63, 3.8) is 0 Å². The quantitative estimate of drug-likeness (QED) is 0.675. The van der Waals surface area contributed by atoms with Crippen LogP contribution in [0.25, 0.3) is 11.3 Å². The fraction of sp³-hybridized carbons (Fsp3) is 0.312. The third kappa shape index (κ3) is 3.38. The average Bonchev–Trinajstić information content (AvgIpc) is 2.54. The highest BCUT2D eigenvalue weighted by Gasteiger charge is 2.18. The number of aliphatic hydroxyl groups excluding tert-OH is 1. The molecule has 0 unspecified atom stereocenters. The molecule has 114 valence electrons. The van der Waals surface area contributed by atoms with Crippen LogP contribution < -0.4 is 4.90 Å². The highest BCUT2D eigenvalue weighted by atomic mass is 32.2. The van der Waals surface area contributed by atoms with Gasteiger partial charge in [-0.25, -0.2) is 9.97 Å². The average molecular weight is 314 g/mol. The van der Waals surface area contributed by atoms with Gasteiger partial charge in [0.25, 0.3) is 0 Å². The van der Waals surface area contributed by atoms with Crippen LogP contribution in [0.15, 0.2) is 29.4 Å². The molecule has 0 radical (unpaired) electrons. The summed E-state index contributed by atoms with van der Waals surface area (Å²) in [5.41, 5.74) is 3.09. The minimum absolute atomic E-state index is 0.000161. The van der Waals surface area contributed by atoms with Gasteiger partial charge in [-0.3, -0.25) is 0 Å². The number of aliphatic hydroxyl groups is 1. The molecule has 1 N–H and O–H groups in total. The Kier molecular flexibility index (Phi) is 5.36. The number of aromatic nitrogens is 2. The monoisotopic (exact) mass is 314 g/mol. The lowest BCUT2D eigenvalue weighted by Gasteiger charge is -2.20. The Labute approximate surface area is 134 Å². The van der Waals surface area contributed by atoms with Crippen LogP contribution in [-0.4, -0.2) is 41.5 Å². The summed E-state index contributed by atoms with van der Waals surface area (Å²) >= 11 is 1.43. The van der Waals surface area contributed by atoms with Crippen molar-refractivity contribution in [3.8, 4) is 17.3 Å². The van der Waals surface area contributed by atoms with E-state index in [2.05, 4.69) is 16.0 Å². The lowest BCUT2D eigenvalue weighted by Crippen LogP contribution is -2.24. The number of aryl methyl sites for hydroxylation is 1. The summed E-state index contributed by atoms with van der Waals surface area (Å²) in [6.07, 6.45) is 1.90. The molecule has 22 heavy (non-hydrogen) atoms. The van der Waals surface area contributed by atoms with E-state index in [9.17, 15) is 5.26 Å². The third-order valence-corrected chi connectivity index (χ3v) is 3.83. The van der Waals surface area contributed by atoms with Gasteiger partial charge in [0.15, 0.2) is 11.0 Å². The second kappa shape index (κ2) is 7.25. The van der Waals surface area contributed by atoms with Gasteiger partial charge < -0.3 is 10.0 Å². The van der Waals surface area contributed by atoms with E-state index < -0.39 is 0 Å². The van der Waals surface area contributed by atoms with E-state index in [-0.39, 0.29) is 6.61 Å². The second-order valence-corrected chi connectivity index (χ2v) is 5.65. The molecule has 2 aromatic rings. The van der Waals surface area contributed by atoms with Crippen molar-refractivity contribution in [1.82, 2.24) is 9.97 Å². The Morgan fingerprint density at radius 1 is 1.27 bits per heavy atom. The van der Waals surface area contributed by atoms with Gasteiger partial charge in [0.2, 0.25) is 0 Å². The Morgan fingerprint density at radius 2 is 1.95 bits per heavy atom. The van der Waals surface area contributed by atoms with Gasteiger partial charge in [-0.15, -0.1) is 0 Å². The molecule has 0 aliphatic carbocycles. The molecule has 5 nitrogen and oxygen atoms in total. The zero-order valence-electron chi connectivity index (χ0n) is 12.9. The molecule has 0 spiro atoms. The normalized spacial score (nSPS) is 10.3. The number of hydrogen-bond acceptors (Lipinski definition) is 6. The zero-order chi connectivity index (χ0) is 16.1. The fourth-order valence-electron chi connectivity index (χ4n) is 2.08. The highest BCUT2D eigenvalue weighted by Crippen LogP contribution is 2.29. The molecule has 0 saturated carbocycles. The van der Waals surface area contributed by atoms with E-state index in [0.717, 1.165) is 11.1 Å². The van der Waals surface area contributed by atoms with Crippen molar-refractivity contribution >= 4 is 17.6 Å². The van der Waals surface area contributed by atoms with Gasteiger partial charge >= 0.3 is 0 Å². The summed E-state index contributed by atoms with van der Waals surface area (Å²) in [5.74, 6) is 0.548. The summed E-state index contributed by atoms with van der Waals surface area (Å²) in [7, 11) is 1.81. The molecule has 0 aliphatic rings. The summed E-state index contributed by atoms with van der Waals surface area (Å²) in [4.78, 5) is 10.7. The molecule has 0 atom stereocenters. The molecule has 2 rings (SSSR count). The zero-order valence-corrected chi connectivity index (χ0v) is 13.7. The molecule has 1 aromatic heterocycles. The van der Waals surface area contributed by atoms with E-state index in [1.165, 1.54) is 11.8 Å². The Morgan fingerprint density at radius 3 is 2.50 bits per heavy atom. The van der Waals surface area contributed by atoms with Gasteiger partial charge in [0, 0.05) is 19.2 Å². The maximum absolute atomic E-state index is 9.57. The van der Waals surface area contributed by atoms with Crippen LogP contribution in [0.5, 0.6) is 0 Å². The van der Waals surface area contributed by atoms with E-state index in [0.29, 0.717) is 28.8 Å². The Balaban J connectivity index is 2.64. The number of rotatable bonds is 5. The second-order valence-electron chi connectivity index (χ2n) is 4.88. The minimum atomic E-state index is -0.000161. The SMILES string of the molecule is CSc1nc(-c2ccc(C)cc2)c(C#N)c(N(C)CCO)n1. The van der Waals surface area contributed by atoms with Crippen molar-refractivity contribution in [3.05, 3.63) is 35.4 Å². The smallest absolute Gasteiger partial charge is 0.189 e. The first kappa shape index (κ1) is 16.3. The first-order chi connectivity index (χ1) is 10.6. The van der Waals surface area contributed by atoms with Crippen LogP contribution >= 0.6 is 11.8 Å². The molecule has 0 aliphatic heterocycles. The van der Waals surface area contributed by atoms with E-state index in [1.54, 1.807) is 4.90 Å². The predicted molar refractivity (Wildman–Crippen MR) is 89.1 cm³/mol. The fourth-order valence-corrected chi connectivity index (χ4v) is 2.44. The largest absolute Gasteiger partial charge is 0.395 e. The van der Waals surface area contributed by atoms with Crippen molar-refractivity contribution in [2.45, 2.75) is 12.1 Å². The molecular formula is C16H18N4OS. The van der Waals surface area contributed by atoms with Gasteiger partial charge in [0.05, 0.1) is 12.3 Å². The van der Waals surface area contributed by atoms with Crippen LogP contribution in [-0.2, 0) is 0 Å². The van der Waals surface area contributed by atoms with Crippen molar-refractivity contribution in [1.29, 1.82) is 5.26 Å². The van der Waals surface area contributed by atoms with E-state index in [4.69, 9.17) is 5.11 Å². The van der Waals surface area contributed by atoms with Crippen molar-refractivity contribution in [2.75, 3.05) is 31.4 Å². The summed E-state index contributed by atoms with van der Waals surface area (Å²) in [6, 6.07) is 10.1. The standard InChI is InChI=1S/C16H18N4OS/c1-11-4-6-12(7-5-11)14-13(10-17)15(20(2)8-9-21)19-16(18-14)22-3/h4-7,21H,8-9H2,1-3H3. The summed E-state index contributed by atoms with van der Waals surface area (Å²) in [6.45, 7) is 2.43. The van der Waals surface area contributed by atoms with Crippen LogP contribution in [0.2, 0.25) is 0 Å². The number of benzene rings is 1. The van der Waals surface area contributed by atoms with Crippen molar-refractivity contribution < 1.29 is 5.11 Å². The number of thioether (sulfide) groups is 1. The van der Waals surface area contributed by atoms with Crippen LogP contribution in [0, 0.1) is 18.3 Å². The number of nitriles is 1. The number of nitrogens with zero attached hydrogens (tertiary/aromatic N) is 4. The summed E-state index contributed by atoms with van der Waals surface area (Å²) in [5, 5.41) is 19.3. The Bertz CT molecular complexity index is 695. The van der Waals surface area contributed by atoms with E-state index in [1.807, 2.05) is 44.5 Å².